The molecular formula is C17H26N2O2. The van der Waals surface area contributed by atoms with Gasteiger partial charge in [0.05, 0.1) is 18.3 Å². The first-order chi connectivity index (χ1) is 10.1. The number of ether oxygens (including phenoxy) is 1. The summed E-state index contributed by atoms with van der Waals surface area (Å²) >= 11 is 0. The fourth-order valence-corrected chi connectivity index (χ4v) is 2.66. The minimum Gasteiger partial charge on any atom is -0.489 e. The van der Waals surface area contributed by atoms with Crippen molar-refractivity contribution in [2.24, 2.45) is 0 Å². The molecule has 1 amide bonds. The maximum Gasteiger partial charge on any atom is 0.238 e. The van der Waals surface area contributed by atoms with Crippen molar-refractivity contribution < 1.29 is 9.53 Å². The molecule has 1 fully saturated rings. The summed E-state index contributed by atoms with van der Waals surface area (Å²) in [6.07, 6.45) is 6.31. The number of rotatable bonds is 6. The summed E-state index contributed by atoms with van der Waals surface area (Å²) in [5.41, 5.74) is 0.738. The summed E-state index contributed by atoms with van der Waals surface area (Å²) in [7, 11) is 0. The molecule has 1 aromatic carbocycles. The van der Waals surface area contributed by atoms with E-state index < -0.39 is 0 Å². The van der Waals surface area contributed by atoms with Crippen LogP contribution in [0, 0.1) is 0 Å². The zero-order valence-electron chi connectivity index (χ0n) is 13.0. The Labute approximate surface area is 127 Å². The van der Waals surface area contributed by atoms with Gasteiger partial charge in [0.15, 0.2) is 0 Å². The highest BCUT2D eigenvalue weighted by Gasteiger charge is 2.14. The highest BCUT2D eigenvalue weighted by Crippen LogP contribution is 2.24. The molecule has 116 valence electrons. The normalized spacial score (nSPS) is 16.0. The largest absolute Gasteiger partial charge is 0.489 e. The zero-order valence-corrected chi connectivity index (χ0v) is 13.0. The zero-order chi connectivity index (χ0) is 15.1. The van der Waals surface area contributed by atoms with Gasteiger partial charge in [0.1, 0.15) is 5.75 Å². The molecule has 1 aromatic rings. The molecule has 0 unspecified atom stereocenters. The molecule has 1 saturated carbocycles. The lowest BCUT2D eigenvalue weighted by molar-refractivity contribution is -0.115. The SMILES string of the molecule is CC(C)Oc1ccccc1NC(=O)CNC1CCCCC1. The Hall–Kier alpha value is -1.55. The molecule has 0 heterocycles. The van der Waals surface area contributed by atoms with Gasteiger partial charge in [-0.1, -0.05) is 31.4 Å². The number of nitrogens with one attached hydrogen (secondary N) is 2. The van der Waals surface area contributed by atoms with Crippen LogP contribution in [0.3, 0.4) is 0 Å². The van der Waals surface area contributed by atoms with E-state index in [1.54, 1.807) is 0 Å². The van der Waals surface area contributed by atoms with Gasteiger partial charge in [-0.15, -0.1) is 0 Å². The highest BCUT2D eigenvalue weighted by molar-refractivity contribution is 5.93. The maximum absolute atomic E-state index is 12.1. The van der Waals surface area contributed by atoms with Gasteiger partial charge < -0.3 is 15.4 Å². The molecule has 1 aliphatic rings. The molecule has 1 aliphatic carbocycles. The van der Waals surface area contributed by atoms with Crippen LogP contribution in [-0.2, 0) is 4.79 Å². The summed E-state index contributed by atoms with van der Waals surface area (Å²) in [5.74, 6) is 0.707. The lowest BCUT2D eigenvalue weighted by Gasteiger charge is -2.22. The van der Waals surface area contributed by atoms with Crippen LogP contribution in [-0.4, -0.2) is 24.6 Å². The fourth-order valence-electron chi connectivity index (χ4n) is 2.66. The molecule has 2 N–H and O–H groups in total. The summed E-state index contributed by atoms with van der Waals surface area (Å²) < 4.78 is 5.71. The number of carbonyl (C=O) groups is 1. The number of amides is 1. The van der Waals surface area contributed by atoms with Gasteiger partial charge in [-0.05, 0) is 38.8 Å². The van der Waals surface area contributed by atoms with Gasteiger partial charge >= 0.3 is 0 Å². The van der Waals surface area contributed by atoms with Crippen molar-refractivity contribution in [3.63, 3.8) is 0 Å². The predicted molar refractivity (Wildman–Crippen MR) is 85.7 cm³/mol. The van der Waals surface area contributed by atoms with Gasteiger partial charge in [0, 0.05) is 6.04 Å². The van der Waals surface area contributed by atoms with E-state index in [0.29, 0.717) is 12.6 Å². The summed E-state index contributed by atoms with van der Waals surface area (Å²) in [5, 5.41) is 6.28. The van der Waals surface area contributed by atoms with Crippen molar-refractivity contribution in [3.05, 3.63) is 24.3 Å². The van der Waals surface area contributed by atoms with E-state index in [2.05, 4.69) is 10.6 Å². The third-order valence-corrected chi connectivity index (χ3v) is 3.68. The van der Waals surface area contributed by atoms with E-state index in [9.17, 15) is 4.79 Å². The number of hydrogen-bond donors (Lipinski definition) is 2. The Balaban J connectivity index is 1.84. The lowest BCUT2D eigenvalue weighted by Crippen LogP contribution is -2.37. The van der Waals surface area contributed by atoms with E-state index in [-0.39, 0.29) is 12.0 Å². The predicted octanol–water partition coefficient (Wildman–Crippen LogP) is 3.33. The first-order valence-corrected chi connectivity index (χ1v) is 7.94. The van der Waals surface area contributed by atoms with E-state index in [0.717, 1.165) is 11.4 Å². The molecule has 0 bridgehead atoms. The van der Waals surface area contributed by atoms with Crippen LogP contribution in [0.15, 0.2) is 24.3 Å². The van der Waals surface area contributed by atoms with E-state index in [4.69, 9.17) is 4.74 Å². The monoisotopic (exact) mass is 290 g/mol. The number of anilines is 1. The van der Waals surface area contributed by atoms with Crippen LogP contribution in [0.2, 0.25) is 0 Å². The molecule has 0 saturated heterocycles. The number of para-hydroxylation sites is 2. The maximum atomic E-state index is 12.1. The first kappa shape index (κ1) is 15.8. The van der Waals surface area contributed by atoms with Crippen molar-refractivity contribution in [3.8, 4) is 5.75 Å². The van der Waals surface area contributed by atoms with E-state index in [1.807, 2.05) is 38.1 Å². The fraction of sp³-hybridized carbons (Fsp3) is 0.588. The van der Waals surface area contributed by atoms with Gasteiger partial charge in [-0.2, -0.15) is 0 Å². The molecule has 4 nitrogen and oxygen atoms in total. The van der Waals surface area contributed by atoms with Crippen molar-refractivity contribution >= 4 is 11.6 Å². The van der Waals surface area contributed by atoms with Gasteiger partial charge in [0.2, 0.25) is 5.91 Å². The van der Waals surface area contributed by atoms with Crippen molar-refractivity contribution in [1.82, 2.24) is 5.32 Å². The Kier molecular flexibility index (Phi) is 6.05. The van der Waals surface area contributed by atoms with Crippen LogP contribution in [0.4, 0.5) is 5.69 Å². The average Bonchev–Trinajstić information content (AvgIpc) is 2.48. The van der Waals surface area contributed by atoms with Crippen molar-refractivity contribution in [2.45, 2.75) is 58.1 Å². The lowest BCUT2D eigenvalue weighted by atomic mass is 9.95. The standard InChI is InChI=1S/C17H26N2O2/c1-13(2)21-16-11-7-6-10-15(16)19-17(20)12-18-14-8-4-3-5-9-14/h6-7,10-11,13-14,18H,3-5,8-9,12H2,1-2H3,(H,19,20). The third kappa shape index (κ3) is 5.38. The van der Waals surface area contributed by atoms with Crippen LogP contribution in [0.1, 0.15) is 46.0 Å². The number of hydrogen-bond acceptors (Lipinski definition) is 3. The number of carbonyl (C=O) groups excluding carboxylic acids is 1. The molecule has 2 rings (SSSR count). The summed E-state index contributed by atoms with van der Waals surface area (Å²) in [4.78, 5) is 12.1. The Morgan fingerprint density at radius 2 is 1.95 bits per heavy atom. The quantitative estimate of drug-likeness (QED) is 0.845. The number of benzene rings is 1. The molecule has 0 atom stereocenters. The minimum atomic E-state index is -0.0135. The molecule has 4 heteroatoms. The van der Waals surface area contributed by atoms with E-state index in [1.165, 1.54) is 32.1 Å². The van der Waals surface area contributed by atoms with Crippen LogP contribution >= 0.6 is 0 Å². The molecule has 0 aromatic heterocycles. The summed E-state index contributed by atoms with van der Waals surface area (Å²) in [6.45, 7) is 4.31. The Morgan fingerprint density at radius 1 is 1.24 bits per heavy atom. The first-order valence-electron chi connectivity index (χ1n) is 7.94. The topological polar surface area (TPSA) is 50.4 Å². The van der Waals surface area contributed by atoms with Crippen LogP contribution < -0.4 is 15.4 Å². The van der Waals surface area contributed by atoms with Crippen LogP contribution in [0.5, 0.6) is 5.75 Å². The third-order valence-electron chi connectivity index (χ3n) is 3.68. The minimum absolute atomic E-state index is 0.0135. The highest BCUT2D eigenvalue weighted by atomic mass is 16.5. The molecule has 0 radical (unpaired) electrons. The molecule has 0 spiro atoms. The molecular weight excluding hydrogens is 264 g/mol. The van der Waals surface area contributed by atoms with E-state index >= 15 is 0 Å². The van der Waals surface area contributed by atoms with Gasteiger partial charge in [-0.25, -0.2) is 0 Å². The Bertz CT molecular complexity index is 454. The van der Waals surface area contributed by atoms with Crippen molar-refractivity contribution in [1.29, 1.82) is 0 Å². The summed E-state index contributed by atoms with van der Waals surface area (Å²) in [6, 6.07) is 8.05. The van der Waals surface area contributed by atoms with Gasteiger partial charge in [-0.3, -0.25) is 4.79 Å². The molecule has 21 heavy (non-hydrogen) atoms. The second kappa shape index (κ2) is 8.03. The second-order valence-electron chi connectivity index (χ2n) is 5.93. The Morgan fingerprint density at radius 3 is 2.67 bits per heavy atom. The van der Waals surface area contributed by atoms with Gasteiger partial charge in [0.25, 0.3) is 0 Å². The van der Waals surface area contributed by atoms with Crippen molar-refractivity contribution in [2.75, 3.05) is 11.9 Å². The second-order valence-corrected chi connectivity index (χ2v) is 5.93. The van der Waals surface area contributed by atoms with Crippen LogP contribution in [0.25, 0.3) is 0 Å². The average molecular weight is 290 g/mol. The molecule has 0 aliphatic heterocycles. The smallest absolute Gasteiger partial charge is 0.238 e.